The van der Waals surface area contributed by atoms with Gasteiger partial charge in [-0.3, -0.25) is 0 Å². The molecule has 2 nitrogen and oxygen atoms in total. The summed E-state index contributed by atoms with van der Waals surface area (Å²) in [4.78, 5) is 0. The molecule has 18 heavy (non-hydrogen) atoms. The Morgan fingerprint density at radius 3 is 2.06 bits per heavy atom. The van der Waals surface area contributed by atoms with Crippen LogP contribution in [-0.2, 0) is 6.18 Å². The maximum Gasteiger partial charge on any atom is 0.418 e. The number of benzene rings is 1. The summed E-state index contributed by atoms with van der Waals surface area (Å²) >= 11 is 0. The molecule has 0 aliphatic heterocycles. The monoisotopic (exact) mass is 274 g/mol. The fourth-order valence-electron chi connectivity index (χ4n) is 1.30. The van der Waals surface area contributed by atoms with Crippen molar-refractivity contribution in [2.75, 3.05) is 7.11 Å². The van der Waals surface area contributed by atoms with E-state index in [0.717, 1.165) is 13.2 Å². The molecule has 0 radical (unpaired) electrons. The molecule has 0 amide bonds. The first-order valence-electron chi connectivity index (χ1n) is 4.57. The molecule has 0 saturated heterocycles. The number of methoxy groups -OCH3 is 1. The van der Waals surface area contributed by atoms with Crippen molar-refractivity contribution >= 4 is 0 Å². The second-order valence-corrected chi connectivity index (χ2v) is 3.40. The number of aliphatic hydroxyl groups is 1. The molecule has 0 heterocycles. The summed E-state index contributed by atoms with van der Waals surface area (Å²) in [5.74, 6) is -0.465. The van der Waals surface area contributed by atoms with Gasteiger partial charge in [-0.2, -0.15) is 26.3 Å². The van der Waals surface area contributed by atoms with Gasteiger partial charge in [-0.05, 0) is 18.2 Å². The van der Waals surface area contributed by atoms with Gasteiger partial charge in [0, 0.05) is 5.56 Å². The molecule has 1 rings (SSSR count). The standard InChI is InChI=1S/C10H8F6O2/c1-18-7-3-2-5(9(11,12)13)4-6(7)8(17)10(14,15)16/h2-4,8,17H,1H3. The lowest BCUT2D eigenvalue weighted by Crippen LogP contribution is -2.21. The fraction of sp³-hybridized carbons (Fsp3) is 0.400. The molecule has 1 unspecified atom stereocenters. The Labute approximate surface area is 97.8 Å². The highest BCUT2D eigenvalue weighted by atomic mass is 19.4. The molecule has 8 heteroatoms. The van der Waals surface area contributed by atoms with Crippen molar-refractivity contribution in [2.45, 2.75) is 18.5 Å². The van der Waals surface area contributed by atoms with E-state index in [1.165, 1.54) is 0 Å². The van der Waals surface area contributed by atoms with Gasteiger partial charge in [0.15, 0.2) is 6.10 Å². The summed E-state index contributed by atoms with van der Waals surface area (Å²) in [5.41, 5.74) is -2.26. The smallest absolute Gasteiger partial charge is 0.418 e. The van der Waals surface area contributed by atoms with E-state index in [4.69, 9.17) is 5.11 Å². The van der Waals surface area contributed by atoms with Gasteiger partial charge < -0.3 is 9.84 Å². The molecular weight excluding hydrogens is 266 g/mol. The Morgan fingerprint density at radius 2 is 1.67 bits per heavy atom. The predicted molar refractivity (Wildman–Crippen MR) is 49.0 cm³/mol. The molecule has 0 saturated carbocycles. The second-order valence-electron chi connectivity index (χ2n) is 3.40. The first-order valence-corrected chi connectivity index (χ1v) is 4.57. The molecule has 0 spiro atoms. The maximum atomic E-state index is 12.4. The van der Waals surface area contributed by atoms with Crippen molar-refractivity contribution < 1.29 is 36.2 Å². The van der Waals surface area contributed by atoms with Gasteiger partial charge in [-0.15, -0.1) is 0 Å². The van der Waals surface area contributed by atoms with Gasteiger partial charge in [0.25, 0.3) is 0 Å². The Bertz CT molecular complexity index is 423. The van der Waals surface area contributed by atoms with Gasteiger partial charge in [0.05, 0.1) is 12.7 Å². The summed E-state index contributed by atoms with van der Waals surface area (Å²) in [7, 11) is 0.995. The number of alkyl halides is 6. The number of aliphatic hydroxyl groups excluding tert-OH is 1. The van der Waals surface area contributed by atoms with Crippen LogP contribution in [0.3, 0.4) is 0 Å². The van der Waals surface area contributed by atoms with E-state index >= 15 is 0 Å². The third-order valence-corrected chi connectivity index (χ3v) is 2.16. The Morgan fingerprint density at radius 1 is 1.11 bits per heavy atom. The highest BCUT2D eigenvalue weighted by Crippen LogP contribution is 2.40. The highest BCUT2D eigenvalue weighted by Gasteiger charge is 2.42. The lowest BCUT2D eigenvalue weighted by molar-refractivity contribution is -0.207. The van der Waals surface area contributed by atoms with Crippen LogP contribution in [0.1, 0.15) is 17.2 Å². The van der Waals surface area contributed by atoms with Crippen LogP contribution in [-0.4, -0.2) is 18.4 Å². The average molecular weight is 274 g/mol. The van der Waals surface area contributed by atoms with Gasteiger partial charge in [-0.25, -0.2) is 0 Å². The molecule has 0 aliphatic rings. The first-order chi connectivity index (χ1) is 8.07. The Kier molecular flexibility index (Phi) is 3.80. The zero-order chi connectivity index (χ0) is 14.1. The average Bonchev–Trinajstić information content (AvgIpc) is 2.24. The summed E-state index contributed by atoms with van der Waals surface area (Å²) in [6.07, 6.45) is -12.9. The number of rotatable bonds is 2. The molecule has 0 aromatic heterocycles. The number of halogens is 6. The quantitative estimate of drug-likeness (QED) is 0.838. The van der Waals surface area contributed by atoms with Gasteiger partial charge in [-0.1, -0.05) is 0 Å². The van der Waals surface area contributed by atoms with Crippen LogP contribution >= 0.6 is 0 Å². The molecule has 1 aromatic rings. The number of hydrogen-bond donors (Lipinski definition) is 1. The van der Waals surface area contributed by atoms with Crippen molar-refractivity contribution in [3.8, 4) is 5.75 Å². The van der Waals surface area contributed by atoms with E-state index in [2.05, 4.69) is 4.74 Å². The van der Waals surface area contributed by atoms with E-state index in [1.54, 1.807) is 0 Å². The third-order valence-electron chi connectivity index (χ3n) is 2.16. The zero-order valence-corrected chi connectivity index (χ0v) is 8.93. The molecule has 1 atom stereocenters. The van der Waals surface area contributed by atoms with Crippen LogP contribution in [0, 0.1) is 0 Å². The van der Waals surface area contributed by atoms with Crippen LogP contribution in [0.4, 0.5) is 26.3 Å². The molecule has 102 valence electrons. The lowest BCUT2D eigenvalue weighted by Gasteiger charge is -2.19. The normalized spacial score (nSPS) is 14.4. The van der Waals surface area contributed by atoms with E-state index in [9.17, 15) is 26.3 Å². The molecular formula is C10H8F6O2. The minimum atomic E-state index is -5.07. The zero-order valence-electron chi connectivity index (χ0n) is 8.93. The Balaban J connectivity index is 3.31. The second kappa shape index (κ2) is 4.68. The van der Waals surface area contributed by atoms with Crippen LogP contribution in [0.2, 0.25) is 0 Å². The lowest BCUT2D eigenvalue weighted by atomic mass is 10.0. The van der Waals surface area contributed by atoms with Crippen LogP contribution in [0.5, 0.6) is 5.75 Å². The minimum Gasteiger partial charge on any atom is -0.496 e. The topological polar surface area (TPSA) is 29.5 Å². The van der Waals surface area contributed by atoms with Gasteiger partial charge in [0.2, 0.25) is 0 Å². The molecule has 0 bridgehead atoms. The van der Waals surface area contributed by atoms with Crippen LogP contribution in [0.25, 0.3) is 0 Å². The van der Waals surface area contributed by atoms with Crippen molar-refractivity contribution in [1.82, 2.24) is 0 Å². The van der Waals surface area contributed by atoms with E-state index in [0.29, 0.717) is 6.07 Å². The molecule has 1 aromatic carbocycles. The summed E-state index contributed by atoms with van der Waals surface area (Å²) in [6, 6.07) is 1.52. The van der Waals surface area contributed by atoms with E-state index in [1.807, 2.05) is 0 Å². The molecule has 1 N–H and O–H groups in total. The summed E-state index contributed by atoms with van der Waals surface area (Å²) in [6.45, 7) is 0. The van der Waals surface area contributed by atoms with Crippen LogP contribution < -0.4 is 4.74 Å². The van der Waals surface area contributed by atoms with Crippen molar-refractivity contribution in [2.24, 2.45) is 0 Å². The van der Waals surface area contributed by atoms with Crippen molar-refractivity contribution in [3.05, 3.63) is 29.3 Å². The van der Waals surface area contributed by atoms with Gasteiger partial charge in [0.1, 0.15) is 5.75 Å². The molecule has 0 aliphatic carbocycles. The minimum absolute atomic E-state index is 0.219. The highest BCUT2D eigenvalue weighted by molar-refractivity contribution is 5.40. The summed E-state index contributed by atoms with van der Waals surface area (Å²) in [5, 5.41) is 8.99. The SMILES string of the molecule is COc1ccc(C(F)(F)F)cc1C(O)C(F)(F)F. The number of ether oxygens (including phenoxy) is 1. The third kappa shape index (κ3) is 3.06. The number of hydrogen-bond acceptors (Lipinski definition) is 2. The van der Waals surface area contributed by atoms with Gasteiger partial charge >= 0.3 is 12.4 Å². The predicted octanol–water partition coefficient (Wildman–Crippen LogP) is 3.31. The van der Waals surface area contributed by atoms with E-state index in [-0.39, 0.29) is 6.07 Å². The van der Waals surface area contributed by atoms with Crippen molar-refractivity contribution in [1.29, 1.82) is 0 Å². The summed E-state index contributed by atoms with van der Waals surface area (Å²) < 4.78 is 78.5. The fourth-order valence-corrected chi connectivity index (χ4v) is 1.30. The van der Waals surface area contributed by atoms with E-state index < -0.39 is 35.3 Å². The Hall–Kier alpha value is -1.44. The largest absolute Gasteiger partial charge is 0.496 e. The first kappa shape index (κ1) is 14.6. The van der Waals surface area contributed by atoms with Crippen LogP contribution in [0.15, 0.2) is 18.2 Å². The maximum absolute atomic E-state index is 12.4. The molecule has 0 fully saturated rings. The van der Waals surface area contributed by atoms with Crippen molar-refractivity contribution in [3.63, 3.8) is 0 Å².